The first-order valence-corrected chi connectivity index (χ1v) is 4.52. The van der Waals surface area contributed by atoms with Crippen molar-refractivity contribution < 1.29 is 0 Å². The van der Waals surface area contributed by atoms with Gasteiger partial charge in [0, 0.05) is 25.1 Å². The molecule has 0 radical (unpaired) electrons. The number of nitrogens with zero attached hydrogens (tertiary/aromatic N) is 2. The summed E-state index contributed by atoms with van der Waals surface area (Å²) < 4.78 is 0. The lowest BCUT2D eigenvalue weighted by molar-refractivity contribution is 0.383. The minimum atomic E-state index is 0.419. The van der Waals surface area contributed by atoms with Gasteiger partial charge < -0.3 is 9.80 Å². The van der Waals surface area contributed by atoms with Gasteiger partial charge in [-0.25, -0.2) is 0 Å². The van der Waals surface area contributed by atoms with Gasteiger partial charge in [0.2, 0.25) is 0 Å². The molecule has 0 amide bonds. The van der Waals surface area contributed by atoms with E-state index >= 15 is 0 Å². The van der Waals surface area contributed by atoms with Crippen molar-refractivity contribution >= 4 is 5.69 Å². The summed E-state index contributed by atoms with van der Waals surface area (Å²) in [7, 11) is 2.09. The highest BCUT2D eigenvalue weighted by molar-refractivity contribution is 5.51. The van der Waals surface area contributed by atoms with Crippen LogP contribution in [0.1, 0.15) is 6.92 Å². The first kappa shape index (κ1) is 8.17. The molecule has 68 valence electrons. The van der Waals surface area contributed by atoms with E-state index in [1.165, 1.54) is 5.69 Å². The molecule has 13 heavy (non-hydrogen) atoms. The van der Waals surface area contributed by atoms with Crippen molar-refractivity contribution in [3.63, 3.8) is 0 Å². The number of benzene rings is 1. The molecule has 0 bridgehead atoms. The zero-order valence-electron chi connectivity index (χ0n) is 8.01. The second-order valence-corrected chi connectivity index (χ2v) is 3.34. The lowest BCUT2D eigenvalue weighted by atomic mass is 10.3. The second kappa shape index (κ2) is 3.13. The molecule has 0 aliphatic carbocycles. The summed E-state index contributed by atoms with van der Waals surface area (Å²) in [6.45, 7) is 2.19. The summed E-state index contributed by atoms with van der Waals surface area (Å²) in [6, 6.07) is 10.4. The molecule has 0 fully saturated rings. The van der Waals surface area contributed by atoms with Gasteiger partial charge in [0.15, 0.2) is 0 Å². The molecule has 1 aliphatic rings. The van der Waals surface area contributed by atoms with Crippen LogP contribution in [0, 0.1) is 0 Å². The van der Waals surface area contributed by atoms with E-state index in [2.05, 4.69) is 60.4 Å². The zero-order valence-corrected chi connectivity index (χ0v) is 8.01. The van der Waals surface area contributed by atoms with Crippen molar-refractivity contribution in [2.75, 3.05) is 11.9 Å². The maximum Gasteiger partial charge on any atom is 0.102 e. The number of rotatable bonds is 1. The Labute approximate surface area is 79.1 Å². The second-order valence-electron chi connectivity index (χ2n) is 3.34. The summed E-state index contributed by atoms with van der Waals surface area (Å²) in [5.74, 6) is 0. The monoisotopic (exact) mass is 174 g/mol. The lowest BCUT2D eigenvalue weighted by Crippen LogP contribution is -2.33. The van der Waals surface area contributed by atoms with Gasteiger partial charge in [0.25, 0.3) is 0 Å². The molecule has 1 aromatic carbocycles. The Kier molecular flexibility index (Phi) is 1.97. The van der Waals surface area contributed by atoms with Gasteiger partial charge in [-0.1, -0.05) is 18.2 Å². The summed E-state index contributed by atoms with van der Waals surface area (Å²) in [4.78, 5) is 4.44. The molecule has 1 heterocycles. The van der Waals surface area contributed by atoms with Gasteiger partial charge in [-0.2, -0.15) is 0 Å². The molecular formula is C11H14N2. The van der Waals surface area contributed by atoms with Crippen LogP contribution < -0.4 is 4.90 Å². The topological polar surface area (TPSA) is 6.48 Å². The molecule has 2 heteroatoms. The molecule has 0 saturated carbocycles. The Morgan fingerprint density at radius 3 is 2.31 bits per heavy atom. The number of hydrogen-bond donors (Lipinski definition) is 0. The SMILES string of the molecule is C[C@H]1N(C)C=CN1c1ccccc1. The van der Waals surface area contributed by atoms with Crippen LogP contribution in [0.3, 0.4) is 0 Å². The van der Waals surface area contributed by atoms with Gasteiger partial charge >= 0.3 is 0 Å². The molecule has 2 nitrogen and oxygen atoms in total. The van der Waals surface area contributed by atoms with E-state index in [1.807, 2.05) is 6.07 Å². The highest BCUT2D eigenvalue weighted by atomic mass is 15.4. The van der Waals surface area contributed by atoms with Crippen LogP contribution in [-0.4, -0.2) is 18.1 Å². The van der Waals surface area contributed by atoms with E-state index in [0.717, 1.165) is 0 Å². The Balaban J connectivity index is 2.24. The first-order valence-electron chi connectivity index (χ1n) is 4.52. The highest BCUT2D eigenvalue weighted by Crippen LogP contribution is 2.22. The van der Waals surface area contributed by atoms with Crippen LogP contribution in [0.2, 0.25) is 0 Å². The van der Waals surface area contributed by atoms with E-state index in [-0.39, 0.29) is 0 Å². The molecule has 1 aromatic rings. The normalized spacial score (nSPS) is 21.2. The van der Waals surface area contributed by atoms with Crippen LogP contribution in [0.5, 0.6) is 0 Å². The lowest BCUT2D eigenvalue weighted by Gasteiger charge is -2.26. The maximum atomic E-state index is 2.25. The van der Waals surface area contributed by atoms with Crippen molar-refractivity contribution in [1.82, 2.24) is 4.90 Å². The standard InChI is InChI=1S/C11H14N2/c1-10-12(2)8-9-13(10)11-6-4-3-5-7-11/h3-10H,1-2H3/t10-/m0/s1. The predicted octanol–water partition coefficient (Wildman–Crippen LogP) is 2.26. The molecule has 0 aromatic heterocycles. The van der Waals surface area contributed by atoms with Gasteiger partial charge in [-0.3, -0.25) is 0 Å². The molecule has 0 unspecified atom stereocenters. The van der Waals surface area contributed by atoms with Crippen molar-refractivity contribution in [2.24, 2.45) is 0 Å². The number of anilines is 1. The molecule has 1 atom stereocenters. The van der Waals surface area contributed by atoms with Crippen molar-refractivity contribution in [2.45, 2.75) is 13.1 Å². The van der Waals surface area contributed by atoms with Gasteiger partial charge in [-0.15, -0.1) is 0 Å². The molecule has 0 N–H and O–H groups in total. The van der Waals surface area contributed by atoms with E-state index in [0.29, 0.717) is 6.17 Å². The van der Waals surface area contributed by atoms with Crippen molar-refractivity contribution in [1.29, 1.82) is 0 Å². The largest absolute Gasteiger partial charge is 0.359 e. The minimum absolute atomic E-state index is 0.419. The maximum absolute atomic E-state index is 2.25. The zero-order chi connectivity index (χ0) is 9.26. The van der Waals surface area contributed by atoms with Crippen LogP contribution in [0.25, 0.3) is 0 Å². The minimum Gasteiger partial charge on any atom is -0.359 e. The van der Waals surface area contributed by atoms with E-state index in [9.17, 15) is 0 Å². The number of para-hydroxylation sites is 1. The molecule has 0 spiro atoms. The van der Waals surface area contributed by atoms with Gasteiger partial charge in [0.05, 0.1) is 0 Å². The highest BCUT2D eigenvalue weighted by Gasteiger charge is 2.19. The van der Waals surface area contributed by atoms with E-state index in [1.54, 1.807) is 0 Å². The summed E-state index contributed by atoms with van der Waals surface area (Å²) in [6.07, 6.45) is 4.62. The molecular weight excluding hydrogens is 160 g/mol. The summed E-state index contributed by atoms with van der Waals surface area (Å²) in [5.41, 5.74) is 1.25. The molecule has 2 rings (SSSR count). The molecule has 1 aliphatic heterocycles. The fraction of sp³-hybridized carbons (Fsp3) is 0.273. The van der Waals surface area contributed by atoms with Gasteiger partial charge in [-0.05, 0) is 19.1 Å². The van der Waals surface area contributed by atoms with Crippen molar-refractivity contribution in [3.05, 3.63) is 42.7 Å². The van der Waals surface area contributed by atoms with Crippen molar-refractivity contribution in [3.8, 4) is 0 Å². The third kappa shape index (κ3) is 1.39. The van der Waals surface area contributed by atoms with E-state index < -0.39 is 0 Å². The van der Waals surface area contributed by atoms with E-state index in [4.69, 9.17) is 0 Å². The first-order chi connectivity index (χ1) is 6.29. The fourth-order valence-corrected chi connectivity index (χ4v) is 1.52. The van der Waals surface area contributed by atoms with Gasteiger partial charge in [0.1, 0.15) is 6.17 Å². The summed E-state index contributed by atoms with van der Waals surface area (Å²) in [5, 5.41) is 0. The summed E-state index contributed by atoms with van der Waals surface area (Å²) >= 11 is 0. The Morgan fingerprint density at radius 1 is 1.08 bits per heavy atom. The molecule has 0 saturated heterocycles. The van der Waals surface area contributed by atoms with Crippen LogP contribution >= 0.6 is 0 Å². The third-order valence-corrected chi connectivity index (χ3v) is 2.51. The Hall–Kier alpha value is -1.44. The van der Waals surface area contributed by atoms with Crippen LogP contribution in [-0.2, 0) is 0 Å². The van der Waals surface area contributed by atoms with Crippen LogP contribution in [0.15, 0.2) is 42.7 Å². The third-order valence-electron chi connectivity index (χ3n) is 2.51. The predicted molar refractivity (Wildman–Crippen MR) is 55.3 cm³/mol. The average Bonchev–Trinajstić information content (AvgIpc) is 2.49. The smallest absolute Gasteiger partial charge is 0.102 e. The number of hydrogen-bond acceptors (Lipinski definition) is 2. The quantitative estimate of drug-likeness (QED) is 0.644. The Bertz CT molecular complexity index is 305. The Morgan fingerprint density at radius 2 is 1.77 bits per heavy atom. The average molecular weight is 174 g/mol. The van der Waals surface area contributed by atoms with Crippen LogP contribution in [0.4, 0.5) is 5.69 Å². The fourth-order valence-electron chi connectivity index (χ4n) is 1.52.